The van der Waals surface area contributed by atoms with Crippen LogP contribution in [0.25, 0.3) is 0 Å². The Hall–Kier alpha value is -2.34. The van der Waals surface area contributed by atoms with Gasteiger partial charge in [0.05, 0.1) is 17.2 Å². The number of unbranched alkanes of at least 4 members (excludes halogenated alkanes) is 1. The zero-order valence-corrected chi connectivity index (χ0v) is 15.5. The van der Waals surface area contributed by atoms with Gasteiger partial charge in [0.25, 0.3) is 5.91 Å². The molecule has 25 heavy (non-hydrogen) atoms. The summed E-state index contributed by atoms with van der Waals surface area (Å²) >= 11 is 0. The summed E-state index contributed by atoms with van der Waals surface area (Å²) in [6.45, 7) is 4.42. The van der Waals surface area contributed by atoms with E-state index in [1.807, 2.05) is 12.1 Å². The molecule has 2 rings (SSSR count). The number of nitrogens with one attached hydrogen (secondary N) is 1. The summed E-state index contributed by atoms with van der Waals surface area (Å²) in [6, 6.07) is 11.7. The lowest BCUT2D eigenvalue weighted by Gasteiger charge is -2.13. The van der Waals surface area contributed by atoms with Crippen molar-refractivity contribution in [3.63, 3.8) is 0 Å². The minimum atomic E-state index is -3.38. The topological polar surface area (TPSA) is 72.5 Å². The zero-order chi connectivity index (χ0) is 18.4. The number of aryl methyl sites for hydroxylation is 1. The maximum absolute atomic E-state index is 12.6. The number of hydrogen-bond acceptors (Lipinski definition) is 4. The number of para-hydroxylation sites is 2. The second kappa shape index (κ2) is 8.16. The highest BCUT2D eigenvalue weighted by molar-refractivity contribution is 7.90. The highest BCUT2D eigenvalue weighted by Gasteiger charge is 2.16. The van der Waals surface area contributed by atoms with Gasteiger partial charge in [-0.25, -0.2) is 8.42 Å². The van der Waals surface area contributed by atoms with Gasteiger partial charge in [0.1, 0.15) is 5.75 Å². The largest absolute Gasteiger partial charge is 0.491 e. The highest BCUT2D eigenvalue weighted by atomic mass is 32.2. The molecule has 0 bridgehead atoms. The maximum Gasteiger partial charge on any atom is 0.256 e. The van der Waals surface area contributed by atoms with E-state index in [-0.39, 0.29) is 10.8 Å². The van der Waals surface area contributed by atoms with Crippen molar-refractivity contribution in [2.75, 3.05) is 18.2 Å². The molecule has 0 radical (unpaired) electrons. The minimum absolute atomic E-state index is 0.121. The fourth-order valence-electron chi connectivity index (χ4n) is 2.29. The normalized spacial score (nSPS) is 11.2. The SMILES string of the molecule is CCCCOc1ccccc1NC(=O)c1cc(S(C)(=O)=O)ccc1C. The molecule has 0 saturated carbocycles. The molecule has 0 heterocycles. The van der Waals surface area contributed by atoms with Crippen molar-refractivity contribution in [1.29, 1.82) is 0 Å². The Morgan fingerprint density at radius 3 is 2.56 bits per heavy atom. The standard InChI is InChI=1S/C19H23NO4S/c1-4-5-12-24-18-9-7-6-8-17(18)20-19(21)16-13-15(25(3,22)23)11-10-14(16)2/h6-11,13H,4-5,12H2,1-3H3,(H,20,21). The van der Waals surface area contributed by atoms with Crippen molar-refractivity contribution in [3.8, 4) is 5.75 Å². The molecule has 2 aromatic rings. The molecule has 0 saturated heterocycles. The van der Waals surface area contributed by atoms with Crippen LogP contribution in [0.5, 0.6) is 5.75 Å². The fraction of sp³-hybridized carbons (Fsp3) is 0.316. The Bertz CT molecular complexity index is 859. The molecule has 0 spiro atoms. The van der Waals surface area contributed by atoms with Crippen LogP contribution in [-0.2, 0) is 9.84 Å². The van der Waals surface area contributed by atoms with Gasteiger partial charge >= 0.3 is 0 Å². The number of carbonyl (C=O) groups excluding carboxylic acids is 1. The van der Waals surface area contributed by atoms with E-state index >= 15 is 0 Å². The first-order chi connectivity index (χ1) is 11.8. The monoisotopic (exact) mass is 361 g/mol. The van der Waals surface area contributed by atoms with E-state index in [0.717, 1.165) is 19.1 Å². The molecule has 0 atom stereocenters. The van der Waals surface area contributed by atoms with Crippen molar-refractivity contribution in [3.05, 3.63) is 53.6 Å². The molecule has 1 N–H and O–H groups in total. The predicted octanol–water partition coefficient (Wildman–Crippen LogP) is 3.83. The first kappa shape index (κ1) is 19.0. The average molecular weight is 361 g/mol. The number of carbonyl (C=O) groups is 1. The Balaban J connectivity index is 2.26. The lowest BCUT2D eigenvalue weighted by atomic mass is 10.1. The number of rotatable bonds is 7. The van der Waals surface area contributed by atoms with Gasteiger partial charge in [-0.2, -0.15) is 0 Å². The number of amides is 1. The summed E-state index contributed by atoms with van der Waals surface area (Å²) < 4.78 is 29.2. The van der Waals surface area contributed by atoms with Crippen LogP contribution in [0.1, 0.15) is 35.7 Å². The molecular formula is C19H23NO4S. The summed E-state index contributed by atoms with van der Waals surface area (Å²) in [5.74, 6) is 0.232. The van der Waals surface area contributed by atoms with Crippen molar-refractivity contribution in [2.45, 2.75) is 31.6 Å². The predicted molar refractivity (Wildman–Crippen MR) is 99.1 cm³/mol. The second-order valence-corrected chi connectivity index (χ2v) is 7.92. The van der Waals surface area contributed by atoms with E-state index in [9.17, 15) is 13.2 Å². The lowest BCUT2D eigenvalue weighted by Crippen LogP contribution is -2.15. The molecule has 0 aliphatic rings. The third kappa shape index (κ3) is 5.06. The summed E-state index contributed by atoms with van der Waals surface area (Å²) in [5, 5.41) is 2.81. The van der Waals surface area contributed by atoms with Crippen LogP contribution in [0.3, 0.4) is 0 Å². The summed E-state index contributed by atoms with van der Waals surface area (Å²) in [7, 11) is -3.38. The van der Waals surface area contributed by atoms with Gasteiger partial charge in [0, 0.05) is 11.8 Å². The maximum atomic E-state index is 12.6. The third-order valence-corrected chi connectivity index (χ3v) is 4.88. The summed E-state index contributed by atoms with van der Waals surface area (Å²) in [6.07, 6.45) is 3.07. The molecule has 5 nitrogen and oxygen atoms in total. The number of sulfone groups is 1. The van der Waals surface area contributed by atoms with Crippen molar-refractivity contribution in [1.82, 2.24) is 0 Å². The van der Waals surface area contributed by atoms with Gasteiger partial charge in [0.15, 0.2) is 9.84 Å². The molecule has 0 unspecified atom stereocenters. The average Bonchev–Trinajstić information content (AvgIpc) is 2.56. The molecule has 6 heteroatoms. The van der Waals surface area contributed by atoms with E-state index in [4.69, 9.17) is 4.74 Å². The Morgan fingerprint density at radius 1 is 1.16 bits per heavy atom. The third-order valence-electron chi connectivity index (χ3n) is 3.77. The lowest BCUT2D eigenvalue weighted by molar-refractivity contribution is 0.102. The summed E-state index contributed by atoms with van der Waals surface area (Å²) in [5.41, 5.74) is 1.59. The van der Waals surface area contributed by atoms with E-state index in [1.165, 1.54) is 12.1 Å². The van der Waals surface area contributed by atoms with Gasteiger partial charge in [0.2, 0.25) is 0 Å². The Morgan fingerprint density at radius 2 is 1.88 bits per heavy atom. The van der Waals surface area contributed by atoms with E-state index in [0.29, 0.717) is 29.2 Å². The molecule has 0 aliphatic heterocycles. The van der Waals surface area contributed by atoms with Crippen LogP contribution in [0, 0.1) is 6.92 Å². The molecule has 1 amide bonds. The number of ether oxygens (including phenoxy) is 1. The van der Waals surface area contributed by atoms with Crippen molar-refractivity contribution in [2.24, 2.45) is 0 Å². The Labute approximate surface area is 148 Å². The van der Waals surface area contributed by atoms with Crippen molar-refractivity contribution >= 4 is 21.4 Å². The van der Waals surface area contributed by atoms with Crippen LogP contribution in [0.2, 0.25) is 0 Å². The van der Waals surface area contributed by atoms with Gasteiger partial charge in [-0.3, -0.25) is 4.79 Å². The van der Waals surface area contributed by atoms with Crippen LogP contribution in [0.4, 0.5) is 5.69 Å². The highest BCUT2D eigenvalue weighted by Crippen LogP contribution is 2.25. The van der Waals surface area contributed by atoms with Crippen LogP contribution < -0.4 is 10.1 Å². The van der Waals surface area contributed by atoms with E-state index in [1.54, 1.807) is 25.1 Å². The molecule has 0 aliphatic carbocycles. The second-order valence-electron chi connectivity index (χ2n) is 5.90. The molecule has 0 aromatic heterocycles. The smallest absolute Gasteiger partial charge is 0.256 e. The number of anilines is 1. The van der Waals surface area contributed by atoms with Crippen LogP contribution in [-0.4, -0.2) is 27.2 Å². The molecular weight excluding hydrogens is 338 g/mol. The number of benzene rings is 2. The van der Waals surface area contributed by atoms with Crippen LogP contribution >= 0.6 is 0 Å². The Kier molecular flexibility index (Phi) is 6.20. The van der Waals surface area contributed by atoms with Crippen molar-refractivity contribution < 1.29 is 17.9 Å². The quantitative estimate of drug-likeness (QED) is 0.761. The number of hydrogen-bond donors (Lipinski definition) is 1. The first-order valence-corrected chi connectivity index (χ1v) is 10.1. The molecule has 134 valence electrons. The van der Waals surface area contributed by atoms with Gasteiger partial charge in [-0.05, 0) is 43.2 Å². The van der Waals surface area contributed by atoms with Gasteiger partial charge in [-0.1, -0.05) is 31.5 Å². The van der Waals surface area contributed by atoms with Gasteiger partial charge in [-0.15, -0.1) is 0 Å². The fourth-order valence-corrected chi connectivity index (χ4v) is 2.94. The minimum Gasteiger partial charge on any atom is -0.491 e. The van der Waals surface area contributed by atoms with Crippen LogP contribution in [0.15, 0.2) is 47.4 Å². The molecule has 2 aromatic carbocycles. The molecule has 0 fully saturated rings. The zero-order valence-electron chi connectivity index (χ0n) is 14.7. The van der Waals surface area contributed by atoms with E-state index < -0.39 is 9.84 Å². The first-order valence-electron chi connectivity index (χ1n) is 8.17. The summed E-state index contributed by atoms with van der Waals surface area (Å²) in [4.78, 5) is 12.8. The van der Waals surface area contributed by atoms with E-state index in [2.05, 4.69) is 12.2 Å². The van der Waals surface area contributed by atoms with Gasteiger partial charge < -0.3 is 10.1 Å².